The summed E-state index contributed by atoms with van der Waals surface area (Å²) in [6.07, 6.45) is 5.94. The van der Waals surface area contributed by atoms with Gasteiger partial charge in [-0.15, -0.1) is 0 Å². The number of nitrogens with zero attached hydrogens (tertiary/aromatic N) is 4. The second kappa shape index (κ2) is 6.85. The summed E-state index contributed by atoms with van der Waals surface area (Å²) in [6, 6.07) is 1.79. The zero-order valence-electron chi connectivity index (χ0n) is 14.4. The number of likely N-dealkylation sites (tertiary alicyclic amines) is 1. The summed E-state index contributed by atoms with van der Waals surface area (Å²) in [7, 11) is 0. The standard InChI is InChI=1S/C17H23N5O3/c1-11-10-14(24-20-11)13-6-3-9-22(13)17(23)18-8-7-15-19-16(25-21-15)12-4-2-5-12/h10,12-13H,2-9H2,1H3,(H,18,23)/t13-/m1/s1. The summed E-state index contributed by atoms with van der Waals surface area (Å²) in [6.45, 7) is 3.10. The van der Waals surface area contributed by atoms with Crippen LogP contribution in [0.5, 0.6) is 0 Å². The van der Waals surface area contributed by atoms with E-state index in [2.05, 4.69) is 20.6 Å². The van der Waals surface area contributed by atoms with E-state index in [9.17, 15) is 4.79 Å². The third-order valence-corrected chi connectivity index (χ3v) is 5.05. The van der Waals surface area contributed by atoms with Crippen LogP contribution in [0.25, 0.3) is 0 Å². The van der Waals surface area contributed by atoms with Crippen molar-refractivity contribution in [3.8, 4) is 0 Å². The fourth-order valence-corrected chi connectivity index (χ4v) is 3.42. The van der Waals surface area contributed by atoms with E-state index in [-0.39, 0.29) is 12.1 Å². The highest BCUT2D eigenvalue weighted by molar-refractivity contribution is 5.75. The van der Waals surface area contributed by atoms with Gasteiger partial charge in [0, 0.05) is 31.5 Å². The highest BCUT2D eigenvalue weighted by Crippen LogP contribution is 2.35. The van der Waals surface area contributed by atoms with Gasteiger partial charge in [0.2, 0.25) is 5.89 Å². The quantitative estimate of drug-likeness (QED) is 0.895. The van der Waals surface area contributed by atoms with E-state index in [4.69, 9.17) is 9.05 Å². The summed E-state index contributed by atoms with van der Waals surface area (Å²) in [5.74, 6) is 2.60. The third kappa shape index (κ3) is 3.38. The van der Waals surface area contributed by atoms with Gasteiger partial charge >= 0.3 is 6.03 Å². The largest absolute Gasteiger partial charge is 0.359 e. The van der Waals surface area contributed by atoms with Crippen LogP contribution in [0.15, 0.2) is 15.1 Å². The summed E-state index contributed by atoms with van der Waals surface area (Å²) in [5.41, 5.74) is 0.835. The topological polar surface area (TPSA) is 97.3 Å². The minimum absolute atomic E-state index is 0.0309. The molecule has 0 bridgehead atoms. The number of nitrogens with one attached hydrogen (secondary N) is 1. The maximum Gasteiger partial charge on any atom is 0.318 e. The van der Waals surface area contributed by atoms with Gasteiger partial charge in [-0.3, -0.25) is 0 Å². The van der Waals surface area contributed by atoms with Crippen molar-refractivity contribution in [2.24, 2.45) is 0 Å². The number of hydrogen-bond donors (Lipinski definition) is 1. The number of carbonyl (C=O) groups is 1. The first-order chi connectivity index (χ1) is 12.2. The molecule has 1 aliphatic carbocycles. The highest BCUT2D eigenvalue weighted by Gasteiger charge is 2.32. The lowest BCUT2D eigenvalue weighted by Crippen LogP contribution is -2.40. The van der Waals surface area contributed by atoms with Gasteiger partial charge in [0.05, 0.1) is 11.7 Å². The van der Waals surface area contributed by atoms with Crippen LogP contribution < -0.4 is 5.32 Å². The molecular weight excluding hydrogens is 322 g/mol. The fraction of sp³-hybridized carbons (Fsp3) is 0.647. The van der Waals surface area contributed by atoms with Crippen molar-refractivity contribution in [3.05, 3.63) is 29.2 Å². The number of hydrogen-bond acceptors (Lipinski definition) is 6. The highest BCUT2D eigenvalue weighted by atomic mass is 16.5. The van der Waals surface area contributed by atoms with Crippen LogP contribution >= 0.6 is 0 Å². The molecule has 1 saturated carbocycles. The van der Waals surface area contributed by atoms with Crippen molar-refractivity contribution in [1.82, 2.24) is 25.5 Å². The summed E-state index contributed by atoms with van der Waals surface area (Å²) < 4.78 is 10.6. The molecule has 0 radical (unpaired) electrons. The zero-order chi connectivity index (χ0) is 17.2. The number of carbonyl (C=O) groups excluding carboxylic acids is 1. The average Bonchev–Trinajstić information content (AvgIpc) is 3.25. The molecule has 4 rings (SSSR count). The van der Waals surface area contributed by atoms with Crippen molar-refractivity contribution in [3.63, 3.8) is 0 Å². The number of amides is 2. The van der Waals surface area contributed by atoms with E-state index in [0.29, 0.717) is 24.7 Å². The van der Waals surface area contributed by atoms with E-state index in [1.54, 1.807) is 0 Å². The summed E-state index contributed by atoms with van der Waals surface area (Å²) >= 11 is 0. The van der Waals surface area contributed by atoms with Crippen LogP contribution in [0, 0.1) is 6.92 Å². The Bertz CT molecular complexity index is 736. The van der Waals surface area contributed by atoms with Crippen LogP contribution in [0.2, 0.25) is 0 Å². The number of aromatic nitrogens is 3. The minimum Gasteiger partial charge on any atom is -0.359 e. The van der Waals surface area contributed by atoms with Crippen LogP contribution in [-0.4, -0.2) is 39.3 Å². The van der Waals surface area contributed by atoms with Gasteiger partial charge in [-0.1, -0.05) is 16.7 Å². The molecule has 134 valence electrons. The fourth-order valence-electron chi connectivity index (χ4n) is 3.42. The Balaban J connectivity index is 1.28. The molecule has 3 heterocycles. The lowest BCUT2D eigenvalue weighted by atomic mass is 9.85. The van der Waals surface area contributed by atoms with Crippen molar-refractivity contribution < 1.29 is 13.8 Å². The molecule has 2 aromatic heterocycles. The first-order valence-corrected chi connectivity index (χ1v) is 9.01. The molecule has 2 amide bonds. The van der Waals surface area contributed by atoms with E-state index in [0.717, 1.165) is 49.6 Å². The molecule has 8 heteroatoms. The van der Waals surface area contributed by atoms with Gasteiger partial charge in [-0.2, -0.15) is 4.98 Å². The SMILES string of the molecule is Cc1cc([C@H]2CCCN2C(=O)NCCc2noc(C3CCC3)n2)on1. The maximum absolute atomic E-state index is 12.5. The molecule has 1 N–H and O–H groups in total. The second-order valence-corrected chi connectivity index (χ2v) is 6.88. The van der Waals surface area contributed by atoms with Crippen molar-refractivity contribution >= 4 is 6.03 Å². The van der Waals surface area contributed by atoms with E-state index < -0.39 is 0 Å². The Morgan fingerprint density at radius 2 is 2.16 bits per heavy atom. The Kier molecular flexibility index (Phi) is 4.42. The number of aryl methyl sites for hydroxylation is 1. The Morgan fingerprint density at radius 1 is 1.28 bits per heavy atom. The molecular formula is C17H23N5O3. The normalized spacial score (nSPS) is 20.7. The molecule has 8 nitrogen and oxygen atoms in total. The van der Waals surface area contributed by atoms with E-state index in [1.807, 2.05) is 17.9 Å². The van der Waals surface area contributed by atoms with Crippen molar-refractivity contribution in [2.75, 3.05) is 13.1 Å². The molecule has 1 atom stereocenters. The van der Waals surface area contributed by atoms with Crippen LogP contribution in [0.4, 0.5) is 4.79 Å². The van der Waals surface area contributed by atoms with Crippen molar-refractivity contribution in [2.45, 2.75) is 57.4 Å². The molecule has 25 heavy (non-hydrogen) atoms. The molecule has 2 aliphatic rings. The Labute approximate surface area is 145 Å². The third-order valence-electron chi connectivity index (χ3n) is 5.05. The van der Waals surface area contributed by atoms with E-state index in [1.165, 1.54) is 6.42 Å². The van der Waals surface area contributed by atoms with Gasteiger partial charge in [0.25, 0.3) is 0 Å². The Hall–Kier alpha value is -2.38. The lowest BCUT2D eigenvalue weighted by Gasteiger charge is -2.22. The van der Waals surface area contributed by atoms with Crippen LogP contribution in [0.3, 0.4) is 0 Å². The predicted molar refractivity (Wildman–Crippen MR) is 87.9 cm³/mol. The van der Waals surface area contributed by atoms with Gasteiger partial charge in [0.15, 0.2) is 11.6 Å². The molecule has 0 aromatic carbocycles. The van der Waals surface area contributed by atoms with E-state index >= 15 is 0 Å². The number of urea groups is 1. The molecule has 2 aromatic rings. The molecule has 0 unspecified atom stereocenters. The average molecular weight is 345 g/mol. The monoisotopic (exact) mass is 345 g/mol. The van der Waals surface area contributed by atoms with Gasteiger partial charge < -0.3 is 19.3 Å². The van der Waals surface area contributed by atoms with Crippen molar-refractivity contribution in [1.29, 1.82) is 0 Å². The zero-order valence-corrected chi connectivity index (χ0v) is 14.4. The second-order valence-electron chi connectivity index (χ2n) is 6.88. The molecule has 2 fully saturated rings. The Morgan fingerprint density at radius 3 is 2.88 bits per heavy atom. The van der Waals surface area contributed by atoms with Crippen LogP contribution in [0.1, 0.15) is 67.2 Å². The van der Waals surface area contributed by atoms with Gasteiger partial charge in [-0.05, 0) is 32.6 Å². The first kappa shape index (κ1) is 16.1. The van der Waals surface area contributed by atoms with Gasteiger partial charge in [-0.25, -0.2) is 4.79 Å². The number of rotatable bonds is 5. The minimum atomic E-state index is -0.0840. The first-order valence-electron chi connectivity index (χ1n) is 9.01. The molecule has 0 spiro atoms. The maximum atomic E-state index is 12.5. The van der Waals surface area contributed by atoms with Crippen LogP contribution in [-0.2, 0) is 6.42 Å². The summed E-state index contributed by atoms with van der Waals surface area (Å²) in [5, 5.41) is 10.9. The molecule has 1 aliphatic heterocycles. The van der Waals surface area contributed by atoms with Gasteiger partial charge in [0.1, 0.15) is 0 Å². The predicted octanol–water partition coefficient (Wildman–Crippen LogP) is 2.72. The summed E-state index contributed by atoms with van der Waals surface area (Å²) in [4.78, 5) is 18.7. The lowest BCUT2D eigenvalue weighted by molar-refractivity contribution is 0.182. The smallest absolute Gasteiger partial charge is 0.318 e. The molecule has 1 saturated heterocycles.